The predicted octanol–water partition coefficient (Wildman–Crippen LogP) is 3.23. The van der Waals surface area contributed by atoms with Gasteiger partial charge >= 0.3 is 11.9 Å². The van der Waals surface area contributed by atoms with E-state index in [4.69, 9.17) is 9.15 Å². The summed E-state index contributed by atoms with van der Waals surface area (Å²) in [5.74, 6) is -0.644. The van der Waals surface area contributed by atoms with Gasteiger partial charge in [-0.05, 0) is 56.3 Å². The summed E-state index contributed by atoms with van der Waals surface area (Å²) in [6.45, 7) is 3.82. The van der Waals surface area contributed by atoms with E-state index in [2.05, 4.69) is 9.84 Å². The first-order chi connectivity index (χ1) is 12.5. The number of carbonyl (C=O) groups excluding carboxylic acids is 2. The van der Waals surface area contributed by atoms with Crippen molar-refractivity contribution in [2.24, 2.45) is 0 Å². The Labute approximate surface area is 150 Å². The summed E-state index contributed by atoms with van der Waals surface area (Å²) in [5.41, 5.74) is 3.21. The number of rotatable bonds is 5. The number of ether oxygens (including phenoxy) is 2. The molecule has 0 aliphatic heterocycles. The summed E-state index contributed by atoms with van der Waals surface area (Å²) in [7, 11) is 1.26. The maximum Gasteiger partial charge on any atom is 0.373 e. The predicted molar refractivity (Wildman–Crippen MR) is 92.2 cm³/mol. The Morgan fingerprint density at radius 2 is 1.81 bits per heavy atom. The summed E-state index contributed by atoms with van der Waals surface area (Å²) < 4.78 is 16.8. The van der Waals surface area contributed by atoms with Gasteiger partial charge in [0, 0.05) is 5.69 Å². The SMILES string of the molecule is COC(=O)c1ccc(COC(=O)c2ccc(-n3nc(C)cc3C)cc2)o1. The normalized spacial score (nSPS) is 10.6. The van der Waals surface area contributed by atoms with Crippen LogP contribution in [0.3, 0.4) is 0 Å². The van der Waals surface area contributed by atoms with E-state index in [9.17, 15) is 9.59 Å². The molecule has 0 amide bonds. The number of carbonyl (C=O) groups is 2. The Morgan fingerprint density at radius 3 is 2.42 bits per heavy atom. The van der Waals surface area contributed by atoms with Crippen molar-refractivity contribution in [1.82, 2.24) is 9.78 Å². The van der Waals surface area contributed by atoms with Crippen molar-refractivity contribution in [2.45, 2.75) is 20.5 Å². The molecule has 0 spiro atoms. The van der Waals surface area contributed by atoms with E-state index in [1.165, 1.54) is 13.2 Å². The highest BCUT2D eigenvalue weighted by molar-refractivity contribution is 5.89. The third kappa shape index (κ3) is 3.66. The average molecular weight is 354 g/mol. The number of nitrogens with zero attached hydrogens (tertiary/aromatic N) is 2. The zero-order valence-electron chi connectivity index (χ0n) is 14.7. The summed E-state index contributed by atoms with van der Waals surface area (Å²) in [4.78, 5) is 23.5. The first-order valence-electron chi connectivity index (χ1n) is 7.96. The monoisotopic (exact) mass is 354 g/mol. The van der Waals surface area contributed by atoms with E-state index in [1.54, 1.807) is 30.3 Å². The molecule has 7 nitrogen and oxygen atoms in total. The van der Waals surface area contributed by atoms with Crippen molar-refractivity contribution in [3.05, 3.63) is 70.9 Å². The van der Waals surface area contributed by atoms with Gasteiger partial charge in [-0.2, -0.15) is 5.10 Å². The molecule has 134 valence electrons. The molecule has 0 saturated carbocycles. The highest BCUT2D eigenvalue weighted by Gasteiger charge is 2.13. The van der Waals surface area contributed by atoms with Crippen LogP contribution in [0.5, 0.6) is 0 Å². The van der Waals surface area contributed by atoms with Crippen molar-refractivity contribution < 1.29 is 23.5 Å². The second kappa shape index (κ2) is 7.26. The van der Waals surface area contributed by atoms with Gasteiger partial charge in [-0.3, -0.25) is 0 Å². The molecular formula is C19H18N2O5. The van der Waals surface area contributed by atoms with Gasteiger partial charge in [-0.1, -0.05) is 0 Å². The molecule has 3 aromatic rings. The molecule has 2 aromatic heterocycles. The second-order valence-electron chi connectivity index (χ2n) is 5.72. The quantitative estimate of drug-likeness (QED) is 0.654. The number of aromatic nitrogens is 2. The lowest BCUT2D eigenvalue weighted by Gasteiger charge is -2.06. The van der Waals surface area contributed by atoms with Gasteiger partial charge in [0.15, 0.2) is 0 Å². The Morgan fingerprint density at radius 1 is 1.08 bits per heavy atom. The van der Waals surface area contributed by atoms with Crippen molar-refractivity contribution in [3.63, 3.8) is 0 Å². The molecule has 0 N–H and O–H groups in total. The maximum absolute atomic E-state index is 12.2. The minimum Gasteiger partial charge on any atom is -0.463 e. The molecule has 3 rings (SSSR count). The Bertz CT molecular complexity index is 937. The fraction of sp³-hybridized carbons (Fsp3) is 0.211. The zero-order chi connectivity index (χ0) is 18.7. The molecule has 0 atom stereocenters. The van der Waals surface area contributed by atoms with Gasteiger partial charge in [-0.15, -0.1) is 0 Å². The van der Waals surface area contributed by atoms with Crippen LogP contribution in [0.2, 0.25) is 0 Å². The van der Waals surface area contributed by atoms with Crippen LogP contribution in [-0.2, 0) is 16.1 Å². The Kier molecular flexibility index (Phi) is 4.88. The average Bonchev–Trinajstić information content (AvgIpc) is 3.25. The number of hydrogen-bond donors (Lipinski definition) is 0. The van der Waals surface area contributed by atoms with E-state index in [0.29, 0.717) is 11.3 Å². The molecule has 0 radical (unpaired) electrons. The molecule has 0 fully saturated rings. The van der Waals surface area contributed by atoms with Crippen LogP contribution in [0, 0.1) is 13.8 Å². The highest BCUT2D eigenvalue weighted by atomic mass is 16.5. The molecule has 1 aromatic carbocycles. The van der Waals surface area contributed by atoms with Crippen LogP contribution >= 0.6 is 0 Å². The topological polar surface area (TPSA) is 83.6 Å². The van der Waals surface area contributed by atoms with Crippen molar-refractivity contribution >= 4 is 11.9 Å². The molecule has 0 saturated heterocycles. The molecule has 0 aliphatic carbocycles. The van der Waals surface area contributed by atoms with Crippen LogP contribution in [0.1, 0.15) is 38.1 Å². The summed E-state index contributed by atoms with van der Waals surface area (Å²) in [5, 5.41) is 4.40. The minimum absolute atomic E-state index is 0.0628. The standard InChI is InChI=1S/C19H18N2O5/c1-12-10-13(2)21(20-12)15-6-4-14(5-7-15)18(22)25-11-16-8-9-17(26-16)19(23)24-3/h4-10H,11H2,1-3H3. The molecule has 7 heteroatoms. The Hall–Kier alpha value is -3.35. The Balaban J connectivity index is 1.64. The first-order valence-corrected chi connectivity index (χ1v) is 7.96. The number of aryl methyl sites for hydroxylation is 2. The lowest BCUT2D eigenvalue weighted by Crippen LogP contribution is -2.06. The van der Waals surface area contributed by atoms with Gasteiger partial charge in [0.2, 0.25) is 5.76 Å². The van der Waals surface area contributed by atoms with E-state index >= 15 is 0 Å². The largest absolute Gasteiger partial charge is 0.463 e. The first kappa shape index (κ1) is 17.5. The van der Waals surface area contributed by atoms with Gasteiger partial charge in [0.25, 0.3) is 0 Å². The van der Waals surface area contributed by atoms with Crippen molar-refractivity contribution in [3.8, 4) is 5.69 Å². The lowest BCUT2D eigenvalue weighted by atomic mass is 10.2. The smallest absolute Gasteiger partial charge is 0.373 e. The molecule has 0 bridgehead atoms. The van der Waals surface area contributed by atoms with Gasteiger partial charge in [0.1, 0.15) is 12.4 Å². The fourth-order valence-electron chi connectivity index (χ4n) is 2.51. The van der Waals surface area contributed by atoms with Crippen LogP contribution in [0.4, 0.5) is 0 Å². The summed E-state index contributed by atoms with van der Waals surface area (Å²) in [6, 6.07) is 12.0. The zero-order valence-corrected chi connectivity index (χ0v) is 14.7. The lowest BCUT2D eigenvalue weighted by molar-refractivity contribution is 0.0438. The number of esters is 2. The van der Waals surface area contributed by atoms with E-state index in [0.717, 1.165) is 17.1 Å². The molecule has 0 unspecified atom stereocenters. The number of furan rings is 1. The molecule has 26 heavy (non-hydrogen) atoms. The van der Waals surface area contributed by atoms with Crippen molar-refractivity contribution in [1.29, 1.82) is 0 Å². The van der Waals surface area contributed by atoms with Crippen LogP contribution < -0.4 is 0 Å². The van der Waals surface area contributed by atoms with E-state index < -0.39 is 11.9 Å². The molecule has 0 aliphatic rings. The highest BCUT2D eigenvalue weighted by Crippen LogP contribution is 2.15. The van der Waals surface area contributed by atoms with Crippen LogP contribution in [-0.4, -0.2) is 28.8 Å². The number of methoxy groups -OCH3 is 1. The minimum atomic E-state index is -0.581. The third-order valence-electron chi connectivity index (χ3n) is 3.75. The summed E-state index contributed by atoms with van der Waals surface area (Å²) >= 11 is 0. The van der Waals surface area contributed by atoms with Gasteiger partial charge in [-0.25, -0.2) is 14.3 Å². The fourth-order valence-corrected chi connectivity index (χ4v) is 2.51. The number of benzene rings is 1. The maximum atomic E-state index is 12.2. The molecule has 2 heterocycles. The van der Waals surface area contributed by atoms with E-state index in [-0.39, 0.29) is 12.4 Å². The van der Waals surface area contributed by atoms with Gasteiger partial charge in [0.05, 0.1) is 24.1 Å². The van der Waals surface area contributed by atoms with E-state index in [1.807, 2.05) is 24.6 Å². The van der Waals surface area contributed by atoms with Gasteiger partial charge < -0.3 is 13.9 Å². The van der Waals surface area contributed by atoms with Crippen LogP contribution in [0.25, 0.3) is 5.69 Å². The summed E-state index contributed by atoms with van der Waals surface area (Å²) in [6.07, 6.45) is 0. The third-order valence-corrected chi connectivity index (χ3v) is 3.75. The molecular weight excluding hydrogens is 336 g/mol. The second-order valence-corrected chi connectivity index (χ2v) is 5.72. The van der Waals surface area contributed by atoms with Crippen LogP contribution in [0.15, 0.2) is 46.9 Å². The number of hydrogen-bond acceptors (Lipinski definition) is 6. The van der Waals surface area contributed by atoms with Crippen molar-refractivity contribution in [2.75, 3.05) is 7.11 Å².